The molecule has 9 nitrogen and oxygen atoms in total. The summed E-state index contributed by atoms with van der Waals surface area (Å²) in [6.07, 6.45) is 5.12. The van der Waals surface area contributed by atoms with Gasteiger partial charge in [0.2, 0.25) is 17.8 Å². The van der Waals surface area contributed by atoms with Crippen LogP contribution < -0.4 is 25.1 Å². The number of anilines is 4. The van der Waals surface area contributed by atoms with Crippen molar-refractivity contribution >= 4 is 52.9 Å². The van der Waals surface area contributed by atoms with Crippen LogP contribution in [0.5, 0.6) is 11.5 Å². The molecule has 0 saturated carbocycles. The third kappa shape index (κ3) is 7.99. The summed E-state index contributed by atoms with van der Waals surface area (Å²) in [4.78, 5) is 16.0. The maximum atomic E-state index is 6.29. The zero-order chi connectivity index (χ0) is 28.4. The van der Waals surface area contributed by atoms with E-state index in [0.717, 1.165) is 42.7 Å². The highest BCUT2D eigenvalue weighted by Crippen LogP contribution is 2.30. The van der Waals surface area contributed by atoms with Crippen LogP contribution in [-0.2, 0) is 6.61 Å². The van der Waals surface area contributed by atoms with Gasteiger partial charge in [0.1, 0.15) is 6.61 Å². The number of hydrogen-bond acceptors (Lipinski definition) is 9. The molecule has 0 radical (unpaired) electrons. The molecule has 2 N–H and O–H groups in total. The fourth-order valence-electron chi connectivity index (χ4n) is 4.31. The van der Waals surface area contributed by atoms with Crippen LogP contribution in [0.2, 0.25) is 10.0 Å². The van der Waals surface area contributed by atoms with E-state index in [-0.39, 0.29) is 6.61 Å². The first-order chi connectivity index (χ1) is 20.1. The second-order valence-corrected chi connectivity index (χ2v) is 10.2. The molecular weight excluding hydrogens is 561 g/mol. The van der Waals surface area contributed by atoms with Gasteiger partial charge in [0.25, 0.3) is 0 Å². The first kappa shape index (κ1) is 28.4. The van der Waals surface area contributed by atoms with E-state index >= 15 is 0 Å². The summed E-state index contributed by atoms with van der Waals surface area (Å²) in [6, 6.07) is 20.7. The summed E-state index contributed by atoms with van der Waals surface area (Å²) >= 11 is 12.3. The molecule has 1 aliphatic rings. The highest BCUT2D eigenvalue weighted by molar-refractivity contribution is 6.35. The number of ether oxygens (including phenoxy) is 2. The zero-order valence-corrected chi connectivity index (χ0v) is 24.2. The lowest BCUT2D eigenvalue weighted by Gasteiger charge is -2.26. The van der Waals surface area contributed by atoms with Gasteiger partial charge in [-0.25, -0.2) is 5.43 Å². The van der Waals surface area contributed by atoms with Gasteiger partial charge < -0.3 is 19.7 Å². The van der Waals surface area contributed by atoms with Crippen LogP contribution in [0.15, 0.2) is 71.8 Å². The van der Waals surface area contributed by atoms with Crippen LogP contribution >= 0.6 is 23.2 Å². The first-order valence-electron chi connectivity index (χ1n) is 13.5. The third-order valence-corrected chi connectivity index (χ3v) is 6.92. The van der Waals surface area contributed by atoms with Crippen molar-refractivity contribution in [1.82, 2.24) is 15.0 Å². The van der Waals surface area contributed by atoms with Crippen molar-refractivity contribution < 1.29 is 9.47 Å². The Bertz CT molecular complexity index is 1480. The van der Waals surface area contributed by atoms with Crippen LogP contribution in [0.4, 0.5) is 23.5 Å². The fraction of sp³-hybridized carbons (Fsp3) is 0.267. The average Bonchev–Trinajstić information content (AvgIpc) is 2.98. The molecule has 5 rings (SSSR count). The molecule has 41 heavy (non-hydrogen) atoms. The molecule has 212 valence electrons. The van der Waals surface area contributed by atoms with Crippen molar-refractivity contribution in [1.29, 1.82) is 0 Å². The molecule has 11 heteroatoms. The van der Waals surface area contributed by atoms with Crippen LogP contribution in [0, 0.1) is 0 Å². The molecule has 1 aliphatic heterocycles. The Kier molecular flexibility index (Phi) is 9.72. The van der Waals surface area contributed by atoms with Gasteiger partial charge in [-0.3, -0.25) is 0 Å². The van der Waals surface area contributed by atoms with Crippen molar-refractivity contribution in [2.45, 2.75) is 32.8 Å². The summed E-state index contributed by atoms with van der Waals surface area (Å²) in [6.45, 7) is 4.51. The molecule has 1 fully saturated rings. The number of para-hydroxylation sites is 1. The van der Waals surface area contributed by atoms with Gasteiger partial charge in [-0.05, 0) is 74.2 Å². The number of benzene rings is 3. The average molecular weight is 593 g/mol. The van der Waals surface area contributed by atoms with Crippen LogP contribution in [0.1, 0.15) is 37.3 Å². The Balaban J connectivity index is 1.30. The normalized spacial score (nSPS) is 13.3. The Morgan fingerprint density at radius 3 is 2.46 bits per heavy atom. The third-order valence-electron chi connectivity index (χ3n) is 6.34. The first-order valence-corrected chi connectivity index (χ1v) is 14.3. The SMILES string of the molecule is CCOc1cc(/C=N/Nc2nc(Nc3ccccc3)nc(N3CCCCC3)n2)ccc1OCc1ccc(Cl)cc1Cl. The monoisotopic (exact) mass is 591 g/mol. The second kappa shape index (κ2) is 14.0. The molecule has 0 bridgehead atoms. The van der Waals surface area contributed by atoms with E-state index in [0.29, 0.717) is 46.0 Å². The summed E-state index contributed by atoms with van der Waals surface area (Å²) < 4.78 is 11.8. The molecule has 4 aromatic rings. The maximum Gasteiger partial charge on any atom is 0.250 e. The molecule has 1 aromatic heterocycles. The maximum absolute atomic E-state index is 6.29. The van der Waals surface area contributed by atoms with Gasteiger partial charge in [0.05, 0.1) is 12.8 Å². The zero-order valence-electron chi connectivity index (χ0n) is 22.7. The number of rotatable bonds is 11. The lowest BCUT2D eigenvalue weighted by atomic mass is 10.1. The van der Waals surface area contributed by atoms with Crippen molar-refractivity contribution in [2.75, 3.05) is 35.3 Å². The Morgan fingerprint density at radius 1 is 0.878 bits per heavy atom. The van der Waals surface area contributed by atoms with E-state index in [9.17, 15) is 0 Å². The van der Waals surface area contributed by atoms with Crippen molar-refractivity contribution in [3.8, 4) is 11.5 Å². The van der Waals surface area contributed by atoms with Gasteiger partial charge in [-0.15, -0.1) is 0 Å². The van der Waals surface area contributed by atoms with Gasteiger partial charge in [0, 0.05) is 34.4 Å². The number of hydrogen-bond donors (Lipinski definition) is 2. The highest BCUT2D eigenvalue weighted by Gasteiger charge is 2.16. The standard InChI is InChI=1S/C30H31Cl2N7O2/c1-2-40-27-17-21(11-14-26(27)41-20-22-12-13-23(31)18-25(22)32)19-33-38-29-35-28(34-24-9-5-3-6-10-24)36-30(37-29)39-15-7-4-8-16-39/h3,5-6,9-14,17-19H,2,4,7-8,15-16,20H2,1H3,(H2,34,35,36,37,38)/b33-19+. The lowest BCUT2D eigenvalue weighted by molar-refractivity contribution is 0.269. The van der Waals surface area contributed by atoms with Crippen LogP contribution in [-0.4, -0.2) is 40.9 Å². The van der Waals surface area contributed by atoms with E-state index in [4.69, 9.17) is 32.7 Å². The topological polar surface area (TPSA) is 96.8 Å². The summed E-state index contributed by atoms with van der Waals surface area (Å²) in [5.74, 6) is 2.62. The fourth-order valence-corrected chi connectivity index (χ4v) is 4.77. The number of halogens is 2. The molecule has 0 aliphatic carbocycles. The molecule has 0 atom stereocenters. The predicted molar refractivity (Wildman–Crippen MR) is 165 cm³/mol. The molecule has 0 amide bonds. The Morgan fingerprint density at radius 2 is 1.68 bits per heavy atom. The quantitative estimate of drug-likeness (QED) is 0.138. The summed E-state index contributed by atoms with van der Waals surface area (Å²) in [5.41, 5.74) is 5.50. The summed E-state index contributed by atoms with van der Waals surface area (Å²) in [7, 11) is 0. The highest BCUT2D eigenvalue weighted by atomic mass is 35.5. The number of nitrogens with one attached hydrogen (secondary N) is 2. The minimum absolute atomic E-state index is 0.281. The largest absolute Gasteiger partial charge is 0.490 e. The molecular formula is C30H31Cl2N7O2. The predicted octanol–water partition coefficient (Wildman–Crippen LogP) is 7.34. The van der Waals surface area contributed by atoms with Crippen LogP contribution in [0.3, 0.4) is 0 Å². The lowest BCUT2D eigenvalue weighted by Crippen LogP contribution is -2.31. The molecule has 3 aromatic carbocycles. The molecule has 0 spiro atoms. The van der Waals surface area contributed by atoms with Crippen molar-refractivity contribution in [3.05, 3.63) is 87.9 Å². The molecule has 2 heterocycles. The smallest absolute Gasteiger partial charge is 0.250 e. The molecule has 0 unspecified atom stereocenters. The van der Waals surface area contributed by atoms with Gasteiger partial charge in [-0.2, -0.15) is 20.1 Å². The van der Waals surface area contributed by atoms with E-state index in [1.54, 1.807) is 18.3 Å². The van der Waals surface area contributed by atoms with Gasteiger partial charge in [-0.1, -0.05) is 47.5 Å². The summed E-state index contributed by atoms with van der Waals surface area (Å²) in [5, 5.41) is 8.78. The number of piperidine rings is 1. The minimum Gasteiger partial charge on any atom is -0.490 e. The van der Waals surface area contributed by atoms with Crippen LogP contribution in [0.25, 0.3) is 0 Å². The van der Waals surface area contributed by atoms with E-state index in [2.05, 4.69) is 35.7 Å². The molecule has 1 saturated heterocycles. The van der Waals surface area contributed by atoms with E-state index in [1.807, 2.05) is 61.5 Å². The number of nitrogens with zero attached hydrogens (tertiary/aromatic N) is 5. The number of hydrazone groups is 1. The number of aromatic nitrogens is 3. The van der Waals surface area contributed by atoms with E-state index in [1.165, 1.54) is 6.42 Å². The van der Waals surface area contributed by atoms with Crippen molar-refractivity contribution in [2.24, 2.45) is 5.10 Å². The second-order valence-electron chi connectivity index (χ2n) is 9.35. The van der Waals surface area contributed by atoms with Gasteiger partial charge in [0.15, 0.2) is 11.5 Å². The van der Waals surface area contributed by atoms with Gasteiger partial charge >= 0.3 is 0 Å². The van der Waals surface area contributed by atoms with E-state index < -0.39 is 0 Å². The Labute approximate surface area is 249 Å². The van der Waals surface area contributed by atoms with Crippen molar-refractivity contribution in [3.63, 3.8) is 0 Å². The minimum atomic E-state index is 0.281. The Hall–Kier alpha value is -4.08.